The largest absolute Gasteiger partial charge is 0.399 e. The number of carbonyl (C=O) groups excluding carboxylic acids is 1. The lowest BCUT2D eigenvalue weighted by Crippen LogP contribution is -2.04. The van der Waals surface area contributed by atoms with E-state index in [0.29, 0.717) is 21.3 Å². The van der Waals surface area contributed by atoms with Crippen LogP contribution in [0.3, 0.4) is 0 Å². The van der Waals surface area contributed by atoms with Gasteiger partial charge in [0.1, 0.15) is 0 Å². The number of benzene rings is 2. The molecule has 0 heterocycles. The van der Waals surface area contributed by atoms with Gasteiger partial charge in [0.05, 0.1) is 0 Å². The Hall–Kier alpha value is -1.51. The highest BCUT2D eigenvalue weighted by atomic mass is 35.5. The summed E-state index contributed by atoms with van der Waals surface area (Å²) in [6.45, 7) is 0. The third-order valence-corrected chi connectivity index (χ3v) is 3.14. The van der Waals surface area contributed by atoms with E-state index in [1.165, 1.54) is 0 Å². The highest BCUT2D eigenvalue weighted by Crippen LogP contribution is 2.21. The quantitative estimate of drug-likeness (QED) is 0.682. The number of anilines is 1. The summed E-state index contributed by atoms with van der Waals surface area (Å²) < 4.78 is 0. The van der Waals surface area contributed by atoms with Crippen LogP contribution in [-0.2, 0) is 6.42 Å². The number of ketones is 1. The minimum atomic E-state index is -0.0581. The van der Waals surface area contributed by atoms with Gasteiger partial charge in [-0.1, -0.05) is 41.4 Å². The smallest absolute Gasteiger partial charge is 0.167 e. The zero-order chi connectivity index (χ0) is 13.1. The average Bonchev–Trinajstić information content (AvgIpc) is 2.31. The summed E-state index contributed by atoms with van der Waals surface area (Å²) in [5.41, 5.74) is 7.43. The minimum Gasteiger partial charge on any atom is -0.399 e. The van der Waals surface area contributed by atoms with Gasteiger partial charge in [0, 0.05) is 27.7 Å². The first-order chi connectivity index (χ1) is 8.56. The molecule has 18 heavy (non-hydrogen) atoms. The molecule has 2 rings (SSSR count). The van der Waals surface area contributed by atoms with Gasteiger partial charge in [-0.15, -0.1) is 0 Å². The molecule has 0 saturated heterocycles. The maximum absolute atomic E-state index is 12.1. The zero-order valence-electron chi connectivity index (χ0n) is 9.49. The van der Waals surface area contributed by atoms with Crippen LogP contribution in [0.2, 0.25) is 10.0 Å². The summed E-state index contributed by atoms with van der Waals surface area (Å²) >= 11 is 11.9. The molecule has 0 radical (unpaired) electrons. The van der Waals surface area contributed by atoms with Crippen molar-refractivity contribution in [2.75, 3.05) is 5.73 Å². The van der Waals surface area contributed by atoms with Crippen LogP contribution in [0.15, 0.2) is 42.5 Å². The topological polar surface area (TPSA) is 43.1 Å². The molecular weight excluding hydrogens is 269 g/mol. The van der Waals surface area contributed by atoms with Crippen LogP contribution in [0.5, 0.6) is 0 Å². The fourth-order valence-corrected chi connectivity index (χ4v) is 2.14. The van der Waals surface area contributed by atoms with Crippen LogP contribution >= 0.6 is 23.2 Å². The van der Waals surface area contributed by atoms with E-state index in [0.717, 1.165) is 5.56 Å². The molecule has 0 aliphatic heterocycles. The van der Waals surface area contributed by atoms with Crippen molar-refractivity contribution in [2.45, 2.75) is 6.42 Å². The van der Waals surface area contributed by atoms with Crippen LogP contribution in [0.25, 0.3) is 0 Å². The summed E-state index contributed by atoms with van der Waals surface area (Å²) in [5.74, 6) is -0.0581. The van der Waals surface area contributed by atoms with E-state index in [-0.39, 0.29) is 12.2 Å². The lowest BCUT2D eigenvalue weighted by molar-refractivity contribution is 0.0993. The second-order valence-corrected chi connectivity index (χ2v) is 4.81. The van der Waals surface area contributed by atoms with Crippen molar-refractivity contribution in [1.82, 2.24) is 0 Å². The lowest BCUT2D eigenvalue weighted by atomic mass is 10.0. The van der Waals surface area contributed by atoms with Crippen molar-refractivity contribution in [3.05, 3.63) is 63.6 Å². The second kappa shape index (κ2) is 5.42. The Labute approximate surface area is 115 Å². The van der Waals surface area contributed by atoms with Crippen LogP contribution in [0.1, 0.15) is 15.9 Å². The molecule has 0 spiro atoms. The second-order valence-electron chi connectivity index (χ2n) is 3.96. The van der Waals surface area contributed by atoms with E-state index in [1.54, 1.807) is 24.3 Å². The number of Topliss-reactive ketones (excluding diaryl/α,β-unsaturated/α-hetero) is 1. The Bertz CT molecular complexity index is 576. The van der Waals surface area contributed by atoms with E-state index in [2.05, 4.69) is 0 Å². The van der Waals surface area contributed by atoms with Gasteiger partial charge in [-0.2, -0.15) is 0 Å². The van der Waals surface area contributed by atoms with Crippen molar-refractivity contribution in [1.29, 1.82) is 0 Å². The van der Waals surface area contributed by atoms with Gasteiger partial charge < -0.3 is 5.73 Å². The van der Waals surface area contributed by atoms with Gasteiger partial charge in [-0.05, 0) is 29.8 Å². The van der Waals surface area contributed by atoms with Crippen molar-refractivity contribution in [3.8, 4) is 0 Å². The minimum absolute atomic E-state index is 0.0581. The molecule has 0 aromatic heterocycles. The summed E-state index contributed by atoms with van der Waals surface area (Å²) in [6.07, 6.45) is 0.236. The zero-order valence-corrected chi connectivity index (χ0v) is 11.0. The van der Waals surface area contributed by atoms with Gasteiger partial charge in [0.2, 0.25) is 0 Å². The van der Waals surface area contributed by atoms with Crippen LogP contribution in [0.4, 0.5) is 5.69 Å². The van der Waals surface area contributed by atoms with E-state index in [9.17, 15) is 4.79 Å². The van der Waals surface area contributed by atoms with E-state index in [4.69, 9.17) is 28.9 Å². The monoisotopic (exact) mass is 279 g/mol. The van der Waals surface area contributed by atoms with Gasteiger partial charge in [0.25, 0.3) is 0 Å². The van der Waals surface area contributed by atoms with E-state index in [1.807, 2.05) is 18.2 Å². The molecule has 0 atom stereocenters. The third-order valence-electron chi connectivity index (χ3n) is 2.55. The van der Waals surface area contributed by atoms with Crippen LogP contribution in [-0.4, -0.2) is 5.78 Å². The number of hydrogen-bond donors (Lipinski definition) is 1. The number of nitrogens with two attached hydrogens (primary N) is 1. The maximum Gasteiger partial charge on any atom is 0.167 e. The normalized spacial score (nSPS) is 10.3. The number of nitrogen functional groups attached to an aromatic ring is 1. The first-order valence-electron chi connectivity index (χ1n) is 5.39. The molecule has 0 bridgehead atoms. The maximum atomic E-state index is 12.1. The molecule has 0 unspecified atom stereocenters. The van der Waals surface area contributed by atoms with Crippen LogP contribution < -0.4 is 5.73 Å². The van der Waals surface area contributed by atoms with E-state index < -0.39 is 0 Å². The first kappa shape index (κ1) is 12.9. The fourth-order valence-electron chi connectivity index (χ4n) is 1.69. The molecule has 0 fully saturated rings. The molecule has 0 aliphatic rings. The van der Waals surface area contributed by atoms with E-state index >= 15 is 0 Å². The Balaban J connectivity index is 2.25. The molecule has 0 aliphatic carbocycles. The van der Waals surface area contributed by atoms with Gasteiger partial charge in [0.15, 0.2) is 5.78 Å². The number of carbonyl (C=O) groups is 1. The average molecular weight is 280 g/mol. The highest BCUT2D eigenvalue weighted by Gasteiger charge is 2.10. The van der Waals surface area contributed by atoms with Crippen molar-refractivity contribution in [3.63, 3.8) is 0 Å². The van der Waals surface area contributed by atoms with Crippen molar-refractivity contribution in [2.24, 2.45) is 0 Å². The Morgan fingerprint density at radius 3 is 2.50 bits per heavy atom. The third kappa shape index (κ3) is 3.03. The SMILES string of the molecule is Nc1cc(Cl)cc(C(=O)Cc2ccccc2Cl)c1. The standard InChI is InChI=1S/C14H11Cl2NO/c15-11-5-10(6-12(17)8-11)14(18)7-9-3-1-2-4-13(9)16/h1-6,8H,7,17H2. The number of hydrogen-bond acceptors (Lipinski definition) is 2. The molecular formula is C14H11Cl2NO. The summed E-state index contributed by atoms with van der Waals surface area (Å²) in [5, 5.41) is 1.04. The molecule has 2 aromatic carbocycles. The highest BCUT2D eigenvalue weighted by molar-refractivity contribution is 6.32. The molecule has 0 saturated carbocycles. The fraction of sp³-hybridized carbons (Fsp3) is 0.0714. The molecule has 2 aromatic rings. The summed E-state index contributed by atoms with van der Waals surface area (Å²) in [4.78, 5) is 12.1. The number of rotatable bonds is 3. The van der Waals surface area contributed by atoms with Gasteiger partial charge in [-0.25, -0.2) is 0 Å². The van der Waals surface area contributed by atoms with Gasteiger partial charge >= 0.3 is 0 Å². The molecule has 0 amide bonds. The van der Waals surface area contributed by atoms with Crippen LogP contribution in [0, 0.1) is 0 Å². The molecule has 4 heteroatoms. The predicted molar refractivity (Wildman–Crippen MR) is 75.4 cm³/mol. The molecule has 92 valence electrons. The van der Waals surface area contributed by atoms with Gasteiger partial charge in [-0.3, -0.25) is 4.79 Å². The Morgan fingerprint density at radius 2 is 1.83 bits per heavy atom. The number of halogens is 2. The summed E-state index contributed by atoms with van der Waals surface area (Å²) in [7, 11) is 0. The Morgan fingerprint density at radius 1 is 1.11 bits per heavy atom. The molecule has 2 N–H and O–H groups in total. The lowest BCUT2D eigenvalue weighted by Gasteiger charge is -2.05. The Kier molecular flexibility index (Phi) is 3.90. The predicted octanol–water partition coefficient (Wildman–Crippen LogP) is 4.00. The molecule has 2 nitrogen and oxygen atoms in total. The first-order valence-corrected chi connectivity index (χ1v) is 6.14. The van der Waals surface area contributed by atoms with Crippen molar-refractivity contribution >= 4 is 34.7 Å². The summed E-state index contributed by atoms with van der Waals surface area (Å²) in [6, 6.07) is 12.1. The van der Waals surface area contributed by atoms with Crippen molar-refractivity contribution < 1.29 is 4.79 Å².